The van der Waals surface area contributed by atoms with Gasteiger partial charge in [0.25, 0.3) is 0 Å². The second kappa shape index (κ2) is 12.5. The number of aromatic nitrogens is 2. The lowest BCUT2D eigenvalue weighted by molar-refractivity contribution is 0.119. The first-order valence-electron chi connectivity index (χ1n) is 12.0. The normalized spacial score (nSPS) is 18.5. The molecule has 0 spiro atoms. The number of aliphatic hydroxyl groups excluding tert-OH is 1. The molecular formula is C26H31BrFN5O4. The molecule has 37 heavy (non-hydrogen) atoms. The van der Waals surface area contributed by atoms with Crippen molar-refractivity contribution in [2.24, 2.45) is 0 Å². The van der Waals surface area contributed by atoms with Crippen molar-refractivity contribution in [1.82, 2.24) is 20.0 Å². The topological polar surface area (TPSA) is 101 Å². The number of carbonyl (C=O) groups is 1. The number of anilines is 1. The van der Waals surface area contributed by atoms with Gasteiger partial charge in [-0.25, -0.2) is 13.9 Å². The quantitative estimate of drug-likeness (QED) is 0.340. The Morgan fingerprint density at radius 3 is 2.62 bits per heavy atom. The van der Waals surface area contributed by atoms with Crippen LogP contribution in [0.15, 0.2) is 59.1 Å². The van der Waals surface area contributed by atoms with Crippen molar-refractivity contribution >= 4 is 27.8 Å². The Balaban J connectivity index is 1.55. The molecule has 1 fully saturated rings. The van der Waals surface area contributed by atoms with E-state index in [4.69, 9.17) is 9.47 Å². The minimum absolute atomic E-state index is 0.0179. The van der Waals surface area contributed by atoms with E-state index in [1.165, 1.54) is 12.1 Å². The van der Waals surface area contributed by atoms with Gasteiger partial charge in [-0.1, -0.05) is 30.3 Å². The first kappa shape index (κ1) is 27.1. The van der Waals surface area contributed by atoms with E-state index in [9.17, 15) is 14.3 Å². The molecule has 0 bridgehead atoms. The summed E-state index contributed by atoms with van der Waals surface area (Å²) in [4.78, 5) is 15.5. The van der Waals surface area contributed by atoms with Crippen LogP contribution in [0, 0.1) is 5.82 Å². The number of methoxy groups -OCH3 is 1. The molecule has 0 aliphatic carbocycles. The van der Waals surface area contributed by atoms with Gasteiger partial charge in [0.05, 0.1) is 24.4 Å². The van der Waals surface area contributed by atoms with Crippen LogP contribution in [-0.2, 0) is 4.74 Å². The molecule has 3 N–H and O–H groups in total. The number of rotatable bonds is 10. The van der Waals surface area contributed by atoms with E-state index in [0.717, 1.165) is 17.8 Å². The van der Waals surface area contributed by atoms with Crippen LogP contribution in [0.2, 0.25) is 0 Å². The summed E-state index contributed by atoms with van der Waals surface area (Å²) in [7, 11) is 1.66. The molecular weight excluding hydrogens is 545 g/mol. The molecule has 1 aliphatic rings. The van der Waals surface area contributed by atoms with Gasteiger partial charge in [0.2, 0.25) is 5.88 Å². The highest BCUT2D eigenvalue weighted by Gasteiger charge is 2.35. The number of hydrogen-bond donors (Lipinski definition) is 3. The molecule has 3 aromatic rings. The van der Waals surface area contributed by atoms with Crippen molar-refractivity contribution in [1.29, 1.82) is 0 Å². The fourth-order valence-corrected chi connectivity index (χ4v) is 4.79. The summed E-state index contributed by atoms with van der Waals surface area (Å²) < 4.78 is 26.4. The maximum absolute atomic E-state index is 13.5. The van der Waals surface area contributed by atoms with Gasteiger partial charge in [-0.15, -0.1) is 5.10 Å². The molecule has 2 aromatic carbocycles. The fourth-order valence-electron chi connectivity index (χ4n) is 4.33. The summed E-state index contributed by atoms with van der Waals surface area (Å²) in [5.74, 6) is 0.316. The van der Waals surface area contributed by atoms with Gasteiger partial charge < -0.3 is 19.9 Å². The van der Waals surface area contributed by atoms with Gasteiger partial charge in [-0.05, 0) is 52.7 Å². The number of hydrogen-bond acceptors (Lipinski definition) is 6. The zero-order chi connectivity index (χ0) is 26.4. The molecule has 1 aliphatic heterocycles. The molecule has 3 atom stereocenters. The predicted octanol–water partition coefficient (Wildman–Crippen LogP) is 3.77. The molecule has 1 aromatic heterocycles. The maximum Gasteiger partial charge on any atom is 0.320 e. The van der Waals surface area contributed by atoms with Crippen molar-refractivity contribution in [3.05, 3.63) is 70.5 Å². The summed E-state index contributed by atoms with van der Waals surface area (Å²) in [5, 5.41) is 20.1. The van der Waals surface area contributed by atoms with E-state index in [2.05, 4.69) is 36.6 Å². The zero-order valence-corrected chi connectivity index (χ0v) is 22.3. The van der Waals surface area contributed by atoms with E-state index >= 15 is 0 Å². The van der Waals surface area contributed by atoms with Crippen LogP contribution in [0.1, 0.15) is 18.4 Å². The zero-order valence-electron chi connectivity index (χ0n) is 20.7. The number of para-hydroxylation sites is 1. The lowest BCUT2D eigenvalue weighted by Crippen LogP contribution is -2.42. The Morgan fingerprint density at radius 2 is 1.95 bits per heavy atom. The number of carbonyl (C=O) groups excluding carboxylic acids is 1. The Hall–Kier alpha value is -2.99. The number of amides is 2. The molecule has 1 unspecified atom stereocenters. The second-order valence-electron chi connectivity index (χ2n) is 8.99. The summed E-state index contributed by atoms with van der Waals surface area (Å²) in [6.07, 6.45) is -0.680. The smallest absolute Gasteiger partial charge is 0.320 e. The molecule has 198 valence electrons. The molecule has 1 saturated heterocycles. The van der Waals surface area contributed by atoms with Crippen molar-refractivity contribution in [3.8, 4) is 11.6 Å². The molecule has 0 saturated carbocycles. The minimum Gasteiger partial charge on any atom is -0.473 e. The van der Waals surface area contributed by atoms with E-state index in [1.807, 2.05) is 30.3 Å². The maximum atomic E-state index is 13.5. The highest BCUT2D eigenvalue weighted by Crippen LogP contribution is 2.35. The van der Waals surface area contributed by atoms with Crippen molar-refractivity contribution < 1.29 is 23.8 Å². The monoisotopic (exact) mass is 575 g/mol. The number of nitrogens with one attached hydrogen (secondary N) is 2. The Bertz CT molecular complexity index is 1180. The minimum atomic E-state index is -0.680. The molecule has 0 radical (unpaired) electrons. The SMILES string of the molecule is COCCN1C[C@@H](NC(=O)Nc2c(Br)c(OCC(C)O)nn2-c2ccccc2)[C@H](c2ccc(F)cc2)C1. The first-order valence-corrected chi connectivity index (χ1v) is 12.8. The number of likely N-dealkylation sites (tertiary alicyclic amines) is 1. The Labute approximate surface area is 223 Å². The lowest BCUT2D eigenvalue weighted by atomic mass is 9.94. The molecule has 2 heterocycles. The van der Waals surface area contributed by atoms with Crippen LogP contribution in [0.3, 0.4) is 0 Å². The average Bonchev–Trinajstić information content (AvgIpc) is 3.43. The predicted molar refractivity (Wildman–Crippen MR) is 142 cm³/mol. The van der Waals surface area contributed by atoms with E-state index in [0.29, 0.717) is 30.0 Å². The van der Waals surface area contributed by atoms with Gasteiger partial charge in [0.15, 0.2) is 5.82 Å². The standard InChI is InChI=1S/C26H31BrFN5O4/c1-17(34)16-37-25-23(27)24(33(31-25)20-6-4-3-5-7-20)30-26(35)29-22-15-32(12-13-36-2)14-21(22)18-8-10-19(28)11-9-18/h3-11,17,21-22,34H,12-16H2,1-2H3,(H2,29,30,35)/t17?,21-,22+/m0/s1. The molecule has 11 heteroatoms. The van der Waals surface area contributed by atoms with Gasteiger partial charge in [0, 0.05) is 32.7 Å². The van der Waals surface area contributed by atoms with Gasteiger partial charge in [-0.2, -0.15) is 0 Å². The molecule has 9 nitrogen and oxygen atoms in total. The molecule has 2 amide bonds. The van der Waals surface area contributed by atoms with Crippen molar-refractivity contribution in [3.63, 3.8) is 0 Å². The number of benzene rings is 2. The average molecular weight is 576 g/mol. The number of halogens is 2. The highest BCUT2D eigenvalue weighted by molar-refractivity contribution is 9.10. The third kappa shape index (κ3) is 6.86. The summed E-state index contributed by atoms with van der Waals surface area (Å²) in [6, 6.07) is 15.1. The van der Waals surface area contributed by atoms with E-state index in [-0.39, 0.29) is 30.3 Å². The summed E-state index contributed by atoms with van der Waals surface area (Å²) >= 11 is 3.49. The van der Waals surface area contributed by atoms with E-state index < -0.39 is 12.1 Å². The van der Waals surface area contributed by atoms with Crippen LogP contribution < -0.4 is 15.4 Å². The lowest BCUT2D eigenvalue weighted by Gasteiger charge is -2.21. The molecule has 4 rings (SSSR count). The first-order chi connectivity index (χ1) is 17.9. The van der Waals surface area contributed by atoms with Gasteiger partial charge >= 0.3 is 6.03 Å². The van der Waals surface area contributed by atoms with Crippen LogP contribution in [-0.4, -0.2) is 77.9 Å². The largest absolute Gasteiger partial charge is 0.473 e. The summed E-state index contributed by atoms with van der Waals surface area (Å²) in [5.41, 5.74) is 1.68. The van der Waals surface area contributed by atoms with Crippen LogP contribution in [0.25, 0.3) is 5.69 Å². The number of aliphatic hydroxyl groups is 1. The van der Waals surface area contributed by atoms with Crippen LogP contribution >= 0.6 is 15.9 Å². The number of urea groups is 1. The fraction of sp³-hybridized carbons (Fsp3) is 0.385. The highest BCUT2D eigenvalue weighted by atomic mass is 79.9. The Morgan fingerprint density at radius 1 is 1.22 bits per heavy atom. The number of nitrogens with zero attached hydrogens (tertiary/aromatic N) is 3. The van der Waals surface area contributed by atoms with Crippen LogP contribution in [0.4, 0.5) is 15.0 Å². The Kier molecular flexibility index (Phi) is 9.14. The van der Waals surface area contributed by atoms with Crippen LogP contribution in [0.5, 0.6) is 5.88 Å². The van der Waals surface area contributed by atoms with Gasteiger partial charge in [0.1, 0.15) is 16.9 Å². The summed E-state index contributed by atoms with van der Waals surface area (Å²) in [6.45, 7) is 4.31. The van der Waals surface area contributed by atoms with E-state index in [1.54, 1.807) is 30.8 Å². The number of ether oxygens (including phenoxy) is 2. The third-order valence-electron chi connectivity index (χ3n) is 6.11. The van der Waals surface area contributed by atoms with Gasteiger partial charge in [-0.3, -0.25) is 10.2 Å². The van der Waals surface area contributed by atoms with Crippen molar-refractivity contribution in [2.45, 2.75) is 25.0 Å². The van der Waals surface area contributed by atoms with Crippen molar-refractivity contribution in [2.75, 3.05) is 45.3 Å². The third-order valence-corrected chi connectivity index (χ3v) is 6.83. The second-order valence-corrected chi connectivity index (χ2v) is 9.78.